The Kier molecular flexibility index (Phi) is 4.14. The summed E-state index contributed by atoms with van der Waals surface area (Å²) < 4.78 is 0. The summed E-state index contributed by atoms with van der Waals surface area (Å²) in [7, 11) is 0. The van der Waals surface area contributed by atoms with E-state index >= 15 is 0 Å². The number of hydrogen-bond acceptors (Lipinski definition) is 3. The minimum atomic E-state index is -0.632. The van der Waals surface area contributed by atoms with Gasteiger partial charge in [0.05, 0.1) is 5.54 Å². The van der Waals surface area contributed by atoms with Gasteiger partial charge in [-0.15, -0.1) is 0 Å². The maximum Gasteiger partial charge on any atom is 0.237 e. The molecule has 1 fully saturated rings. The van der Waals surface area contributed by atoms with Gasteiger partial charge < -0.3 is 10.6 Å². The third-order valence-corrected chi connectivity index (χ3v) is 3.48. The van der Waals surface area contributed by atoms with Gasteiger partial charge in [0.2, 0.25) is 11.8 Å². The summed E-state index contributed by atoms with van der Waals surface area (Å²) in [6.45, 7) is 10.2. The summed E-state index contributed by atoms with van der Waals surface area (Å²) in [6.07, 6.45) is 0. The van der Waals surface area contributed by atoms with E-state index in [0.717, 1.165) is 0 Å². The molecule has 0 aliphatic carbocycles. The van der Waals surface area contributed by atoms with E-state index in [1.54, 1.807) is 0 Å². The zero-order valence-electron chi connectivity index (χ0n) is 11.2. The third-order valence-electron chi connectivity index (χ3n) is 3.48. The van der Waals surface area contributed by atoms with E-state index in [-0.39, 0.29) is 17.7 Å². The molecular formula is C12H23N3O2. The molecule has 0 atom stereocenters. The molecule has 1 aliphatic heterocycles. The van der Waals surface area contributed by atoms with Gasteiger partial charge in [0.15, 0.2) is 0 Å². The van der Waals surface area contributed by atoms with Gasteiger partial charge in [-0.1, -0.05) is 13.8 Å². The molecule has 1 saturated heterocycles. The lowest BCUT2D eigenvalue weighted by Crippen LogP contribution is -2.60. The molecule has 0 bridgehead atoms. The largest absolute Gasteiger partial charge is 0.368 e. The number of carbonyl (C=O) groups excluding carboxylic acids is 2. The summed E-state index contributed by atoms with van der Waals surface area (Å²) in [6, 6.07) is 0. The maximum absolute atomic E-state index is 11.8. The Labute approximate surface area is 103 Å². The Hall–Kier alpha value is -1.10. The number of hydrogen-bond donors (Lipinski definition) is 1. The number of amides is 2. The van der Waals surface area contributed by atoms with Crippen molar-refractivity contribution in [1.29, 1.82) is 0 Å². The second-order valence-electron chi connectivity index (χ2n) is 5.39. The first kappa shape index (κ1) is 14.0. The number of piperazine rings is 1. The van der Waals surface area contributed by atoms with Gasteiger partial charge in [0, 0.05) is 32.1 Å². The first-order chi connectivity index (χ1) is 7.76. The van der Waals surface area contributed by atoms with Crippen LogP contribution in [0.25, 0.3) is 0 Å². The fourth-order valence-electron chi connectivity index (χ4n) is 2.01. The van der Waals surface area contributed by atoms with Gasteiger partial charge in [-0.05, 0) is 13.8 Å². The van der Waals surface area contributed by atoms with E-state index in [0.29, 0.717) is 26.2 Å². The van der Waals surface area contributed by atoms with Crippen molar-refractivity contribution in [2.24, 2.45) is 11.7 Å². The van der Waals surface area contributed by atoms with E-state index in [1.807, 2.05) is 37.5 Å². The van der Waals surface area contributed by atoms with E-state index in [2.05, 4.69) is 0 Å². The van der Waals surface area contributed by atoms with Crippen molar-refractivity contribution >= 4 is 11.8 Å². The van der Waals surface area contributed by atoms with Crippen LogP contribution in [-0.2, 0) is 9.59 Å². The highest BCUT2D eigenvalue weighted by Gasteiger charge is 2.35. The fourth-order valence-corrected chi connectivity index (χ4v) is 2.01. The van der Waals surface area contributed by atoms with Gasteiger partial charge in [-0.25, -0.2) is 0 Å². The molecule has 1 aliphatic rings. The fraction of sp³-hybridized carbons (Fsp3) is 0.833. The van der Waals surface area contributed by atoms with Gasteiger partial charge in [-0.2, -0.15) is 0 Å². The lowest BCUT2D eigenvalue weighted by atomic mass is 10.0. The lowest BCUT2D eigenvalue weighted by Gasteiger charge is -2.42. The Balaban J connectivity index is 2.57. The highest BCUT2D eigenvalue weighted by molar-refractivity contribution is 5.83. The molecule has 0 radical (unpaired) electrons. The molecule has 5 nitrogen and oxygen atoms in total. The zero-order chi connectivity index (χ0) is 13.2. The molecule has 0 aromatic rings. The molecule has 1 heterocycles. The highest BCUT2D eigenvalue weighted by Crippen LogP contribution is 2.17. The van der Waals surface area contributed by atoms with Crippen molar-refractivity contribution in [2.75, 3.05) is 26.2 Å². The van der Waals surface area contributed by atoms with Crippen LogP contribution in [0.1, 0.15) is 27.7 Å². The van der Waals surface area contributed by atoms with Gasteiger partial charge in [-0.3, -0.25) is 14.5 Å². The molecule has 98 valence electrons. The monoisotopic (exact) mass is 241 g/mol. The standard InChI is InChI=1S/C12H23N3O2/c1-9(2)10(16)14-5-7-15(8-6-14)12(3,4)11(13)17/h9H,5-8H2,1-4H3,(H2,13,17). The minimum Gasteiger partial charge on any atom is -0.368 e. The molecule has 2 amide bonds. The summed E-state index contributed by atoms with van der Waals surface area (Å²) in [5.41, 5.74) is 4.75. The zero-order valence-corrected chi connectivity index (χ0v) is 11.2. The van der Waals surface area contributed by atoms with Crippen molar-refractivity contribution in [1.82, 2.24) is 9.80 Å². The normalized spacial score (nSPS) is 18.5. The quantitative estimate of drug-likeness (QED) is 0.759. The molecule has 0 saturated carbocycles. The summed E-state index contributed by atoms with van der Waals surface area (Å²) >= 11 is 0. The Morgan fingerprint density at radius 2 is 1.59 bits per heavy atom. The van der Waals surface area contributed by atoms with Crippen LogP contribution in [0.3, 0.4) is 0 Å². The topological polar surface area (TPSA) is 66.6 Å². The third kappa shape index (κ3) is 2.97. The maximum atomic E-state index is 11.8. The van der Waals surface area contributed by atoms with E-state index in [9.17, 15) is 9.59 Å². The summed E-state index contributed by atoms with van der Waals surface area (Å²) in [4.78, 5) is 27.0. The van der Waals surface area contributed by atoms with Crippen LogP contribution < -0.4 is 5.73 Å². The minimum absolute atomic E-state index is 0.0331. The molecule has 0 unspecified atom stereocenters. The van der Waals surface area contributed by atoms with Gasteiger partial charge in [0.25, 0.3) is 0 Å². The van der Waals surface area contributed by atoms with Crippen LogP contribution in [0.4, 0.5) is 0 Å². The molecule has 0 spiro atoms. The molecule has 2 N–H and O–H groups in total. The molecule has 5 heteroatoms. The van der Waals surface area contributed by atoms with E-state index < -0.39 is 5.54 Å². The SMILES string of the molecule is CC(C)C(=O)N1CCN(C(C)(C)C(N)=O)CC1. The second kappa shape index (κ2) is 5.04. The van der Waals surface area contributed by atoms with Gasteiger partial charge >= 0.3 is 0 Å². The van der Waals surface area contributed by atoms with E-state index in [4.69, 9.17) is 5.73 Å². The predicted octanol–water partition coefficient (Wildman–Crippen LogP) is 0.0505. The van der Waals surface area contributed by atoms with Crippen molar-refractivity contribution < 1.29 is 9.59 Å². The smallest absolute Gasteiger partial charge is 0.237 e. The van der Waals surface area contributed by atoms with Crippen molar-refractivity contribution in [3.63, 3.8) is 0 Å². The Bertz CT molecular complexity index is 305. The summed E-state index contributed by atoms with van der Waals surface area (Å²) in [5.74, 6) is -0.103. The van der Waals surface area contributed by atoms with E-state index in [1.165, 1.54) is 0 Å². The summed E-state index contributed by atoms with van der Waals surface area (Å²) in [5, 5.41) is 0. The number of rotatable bonds is 3. The van der Waals surface area contributed by atoms with Gasteiger partial charge in [0.1, 0.15) is 0 Å². The predicted molar refractivity (Wildman–Crippen MR) is 66.3 cm³/mol. The van der Waals surface area contributed by atoms with Crippen LogP contribution in [0.15, 0.2) is 0 Å². The highest BCUT2D eigenvalue weighted by atomic mass is 16.2. The average Bonchev–Trinajstić information content (AvgIpc) is 2.27. The second-order valence-corrected chi connectivity index (χ2v) is 5.39. The average molecular weight is 241 g/mol. The molecule has 17 heavy (non-hydrogen) atoms. The molecule has 1 rings (SSSR count). The molecular weight excluding hydrogens is 218 g/mol. The number of primary amides is 1. The Morgan fingerprint density at radius 3 is 1.94 bits per heavy atom. The number of carbonyl (C=O) groups is 2. The van der Waals surface area contributed by atoms with Crippen LogP contribution >= 0.6 is 0 Å². The van der Waals surface area contributed by atoms with Crippen molar-refractivity contribution in [3.8, 4) is 0 Å². The number of nitrogens with zero attached hydrogens (tertiary/aromatic N) is 2. The Morgan fingerprint density at radius 1 is 1.12 bits per heavy atom. The van der Waals surface area contributed by atoms with Crippen LogP contribution in [0.5, 0.6) is 0 Å². The van der Waals surface area contributed by atoms with Crippen molar-refractivity contribution in [2.45, 2.75) is 33.2 Å². The van der Waals surface area contributed by atoms with Crippen LogP contribution in [-0.4, -0.2) is 53.3 Å². The molecule has 0 aromatic heterocycles. The van der Waals surface area contributed by atoms with Crippen LogP contribution in [0, 0.1) is 5.92 Å². The lowest BCUT2D eigenvalue weighted by molar-refractivity contribution is -0.138. The molecule has 0 aromatic carbocycles. The first-order valence-corrected chi connectivity index (χ1v) is 6.10. The van der Waals surface area contributed by atoms with Crippen LogP contribution in [0.2, 0.25) is 0 Å². The number of nitrogens with two attached hydrogens (primary N) is 1. The first-order valence-electron chi connectivity index (χ1n) is 6.10. The van der Waals surface area contributed by atoms with Crippen molar-refractivity contribution in [3.05, 3.63) is 0 Å².